The Balaban J connectivity index is 1.92. The van der Waals surface area contributed by atoms with Crippen LogP contribution in [0.5, 0.6) is 5.75 Å². The van der Waals surface area contributed by atoms with Crippen molar-refractivity contribution < 1.29 is 9.47 Å². The topological polar surface area (TPSA) is 44.5 Å². The maximum atomic E-state index is 5.91. The van der Waals surface area contributed by atoms with Crippen LogP contribution >= 0.6 is 0 Å². The molecular weight excluding hydrogens is 226 g/mol. The van der Waals surface area contributed by atoms with E-state index in [4.69, 9.17) is 15.2 Å². The van der Waals surface area contributed by atoms with Crippen molar-refractivity contribution in [2.75, 3.05) is 19.8 Å². The first kappa shape index (κ1) is 13.4. The Kier molecular flexibility index (Phi) is 4.61. The van der Waals surface area contributed by atoms with Gasteiger partial charge in [0.1, 0.15) is 5.75 Å². The molecule has 3 nitrogen and oxygen atoms in total. The second kappa shape index (κ2) is 6.21. The zero-order chi connectivity index (χ0) is 13.0. The summed E-state index contributed by atoms with van der Waals surface area (Å²) in [4.78, 5) is 0. The van der Waals surface area contributed by atoms with Gasteiger partial charge in [-0.1, -0.05) is 12.1 Å². The quantitative estimate of drug-likeness (QED) is 0.892. The normalized spacial score (nSPS) is 18.6. The Morgan fingerprint density at radius 3 is 2.72 bits per heavy atom. The van der Waals surface area contributed by atoms with Crippen LogP contribution < -0.4 is 10.5 Å². The van der Waals surface area contributed by atoms with Gasteiger partial charge >= 0.3 is 0 Å². The van der Waals surface area contributed by atoms with Crippen molar-refractivity contribution in [2.24, 2.45) is 11.7 Å². The molecule has 1 heterocycles. The first-order chi connectivity index (χ1) is 8.66. The van der Waals surface area contributed by atoms with Crippen LogP contribution in [-0.2, 0) is 4.74 Å². The van der Waals surface area contributed by atoms with Crippen LogP contribution in [0.15, 0.2) is 18.2 Å². The van der Waals surface area contributed by atoms with E-state index >= 15 is 0 Å². The summed E-state index contributed by atoms with van der Waals surface area (Å²) < 4.78 is 11.3. The molecule has 1 fully saturated rings. The molecule has 0 aromatic heterocycles. The van der Waals surface area contributed by atoms with Gasteiger partial charge in [-0.15, -0.1) is 0 Å². The minimum Gasteiger partial charge on any atom is -0.493 e. The van der Waals surface area contributed by atoms with E-state index in [1.54, 1.807) is 0 Å². The third-order valence-corrected chi connectivity index (χ3v) is 3.54. The van der Waals surface area contributed by atoms with Gasteiger partial charge in [-0.3, -0.25) is 0 Å². The molecule has 0 saturated carbocycles. The summed E-state index contributed by atoms with van der Waals surface area (Å²) >= 11 is 0. The Morgan fingerprint density at radius 2 is 2.11 bits per heavy atom. The van der Waals surface area contributed by atoms with Crippen molar-refractivity contribution >= 4 is 0 Å². The largest absolute Gasteiger partial charge is 0.493 e. The molecule has 1 aliphatic heterocycles. The van der Waals surface area contributed by atoms with Crippen molar-refractivity contribution in [3.63, 3.8) is 0 Å². The first-order valence-corrected chi connectivity index (χ1v) is 6.73. The van der Waals surface area contributed by atoms with Gasteiger partial charge in [0.2, 0.25) is 0 Å². The van der Waals surface area contributed by atoms with Crippen LogP contribution in [0.2, 0.25) is 0 Å². The Hall–Kier alpha value is -1.06. The van der Waals surface area contributed by atoms with E-state index in [2.05, 4.69) is 19.1 Å². The molecule has 1 saturated heterocycles. The second-order valence-electron chi connectivity index (χ2n) is 5.18. The van der Waals surface area contributed by atoms with E-state index in [9.17, 15) is 0 Å². The maximum absolute atomic E-state index is 5.91. The van der Waals surface area contributed by atoms with Gasteiger partial charge in [0.15, 0.2) is 0 Å². The van der Waals surface area contributed by atoms with E-state index in [0.717, 1.165) is 49.5 Å². The summed E-state index contributed by atoms with van der Waals surface area (Å²) in [5.41, 5.74) is 8.19. The minimum atomic E-state index is 0.0771. The third-order valence-electron chi connectivity index (χ3n) is 3.54. The average Bonchev–Trinajstić information content (AvgIpc) is 2.38. The standard InChI is InChI=1S/C15H23NO2/c1-11-9-14(12(2)16)3-4-15(11)18-10-13-5-7-17-8-6-13/h3-4,9,12-13H,5-8,10,16H2,1-2H3/t12-/m1/s1. The number of hydrogen-bond acceptors (Lipinski definition) is 3. The summed E-state index contributed by atoms with van der Waals surface area (Å²) in [6, 6.07) is 6.28. The fourth-order valence-corrected chi connectivity index (χ4v) is 2.24. The highest BCUT2D eigenvalue weighted by atomic mass is 16.5. The van der Waals surface area contributed by atoms with Gasteiger partial charge in [0.25, 0.3) is 0 Å². The van der Waals surface area contributed by atoms with Crippen LogP contribution in [0, 0.1) is 12.8 Å². The Labute approximate surface area is 109 Å². The molecule has 0 radical (unpaired) electrons. The number of aryl methyl sites for hydroxylation is 1. The van der Waals surface area contributed by atoms with Crippen molar-refractivity contribution in [1.29, 1.82) is 0 Å². The molecule has 1 aliphatic rings. The molecule has 2 rings (SSSR count). The van der Waals surface area contributed by atoms with Gasteiger partial charge in [0, 0.05) is 19.3 Å². The summed E-state index contributed by atoms with van der Waals surface area (Å²) in [5.74, 6) is 1.61. The van der Waals surface area contributed by atoms with Gasteiger partial charge in [-0.2, -0.15) is 0 Å². The fourth-order valence-electron chi connectivity index (χ4n) is 2.24. The Morgan fingerprint density at radius 1 is 1.39 bits per heavy atom. The van der Waals surface area contributed by atoms with Crippen molar-refractivity contribution in [3.8, 4) is 5.75 Å². The van der Waals surface area contributed by atoms with Crippen LogP contribution in [0.1, 0.15) is 36.9 Å². The Bertz CT molecular complexity index is 384. The molecule has 0 aliphatic carbocycles. The molecule has 0 amide bonds. The lowest BCUT2D eigenvalue weighted by Gasteiger charge is -2.22. The molecule has 0 unspecified atom stereocenters. The molecule has 3 heteroatoms. The molecule has 2 N–H and O–H groups in total. The van der Waals surface area contributed by atoms with Crippen LogP contribution in [0.4, 0.5) is 0 Å². The second-order valence-corrected chi connectivity index (χ2v) is 5.18. The van der Waals surface area contributed by atoms with E-state index in [-0.39, 0.29) is 6.04 Å². The van der Waals surface area contributed by atoms with Crippen LogP contribution in [-0.4, -0.2) is 19.8 Å². The number of ether oxygens (including phenoxy) is 2. The SMILES string of the molecule is Cc1cc([C@@H](C)N)ccc1OCC1CCOCC1. The summed E-state index contributed by atoms with van der Waals surface area (Å²) in [6.45, 7) is 6.61. The molecule has 1 aromatic carbocycles. The average molecular weight is 249 g/mol. The van der Waals surface area contributed by atoms with Gasteiger partial charge in [-0.05, 0) is 49.8 Å². The molecule has 1 atom stereocenters. The lowest BCUT2D eigenvalue weighted by atomic mass is 10.0. The molecular formula is C15H23NO2. The summed E-state index contributed by atoms with van der Waals surface area (Å²) in [6.07, 6.45) is 2.22. The van der Waals surface area contributed by atoms with E-state index in [1.807, 2.05) is 13.0 Å². The number of benzene rings is 1. The molecule has 0 bridgehead atoms. The maximum Gasteiger partial charge on any atom is 0.122 e. The highest BCUT2D eigenvalue weighted by Crippen LogP contribution is 2.23. The van der Waals surface area contributed by atoms with Crippen LogP contribution in [0.3, 0.4) is 0 Å². The smallest absolute Gasteiger partial charge is 0.122 e. The number of hydrogen-bond donors (Lipinski definition) is 1. The molecule has 1 aromatic rings. The van der Waals surface area contributed by atoms with Crippen molar-refractivity contribution in [2.45, 2.75) is 32.7 Å². The summed E-state index contributed by atoms with van der Waals surface area (Å²) in [7, 11) is 0. The van der Waals surface area contributed by atoms with Gasteiger partial charge in [-0.25, -0.2) is 0 Å². The van der Waals surface area contributed by atoms with E-state index in [0.29, 0.717) is 5.92 Å². The predicted octanol–water partition coefficient (Wildman–Crippen LogP) is 2.82. The minimum absolute atomic E-state index is 0.0771. The van der Waals surface area contributed by atoms with Crippen molar-refractivity contribution in [3.05, 3.63) is 29.3 Å². The number of nitrogens with two attached hydrogens (primary N) is 1. The van der Waals surface area contributed by atoms with Gasteiger partial charge < -0.3 is 15.2 Å². The van der Waals surface area contributed by atoms with E-state index < -0.39 is 0 Å². The monoisotopic (exact) mass is 249 g/mol. The van der Waals surface area contributed by atoms with Crippen molar-refractivity contribution in [1.82, 2.24) is 0 Å². The zero-order valence-electron chi connectivity index (χ0n) is 11.3. The summed E-state index contributed by atoms with van der Waals surface area (Å²) in [5, 5.41) is 0. The predicted molar refractivity (Wildman–Crippen MR) is 72.8 cm³/mol. The molecule has 18 heavy (non-hydrogen) atoms. The van der Waals surface area contributed by atoms with Crippen LogP contribution in [0.25, 0.3) is 0 Å². The fraction of sp³-hybridized carbons (Fsp3) is 0.600. The lowest BCUT2D eigenvalue weighted by molar-refractivity contribution is 0.0496. The number of rotatable bonds is 4. The third kappa shape index (κ3) is 3.47. The highest BCUT2D eigenvalue weighted by Gasteiger charge is 2.15. The zero-order valence-corrected chi connectivity index (χ0v) is 11.3. The molecule has 0 spiro atoms. The highest BCUT2D eigenvalue weighted by molar-refractivity contribution is 5.37. The first-order valence-electron chi connectivity index (χ1n) is 6.73. The lowest BCUT2D eigenvalue weighted by Crippen LogP contribution is -2.21. The molecule has 100 valence electrons. The van der Waals surface area contributed by atoms with E-state index in [1.165, 1.54) is 0 Å². The van der Waals surface area contributed by atoms with Gasteiger partial charge in [0.05, 0.1) is 6.61 Å².